The molecule has 1 fully saturated rings. The van der Waals surface area contributed by atoms with Crippen LogP contribution in [0, 0.1) is 6.92 Å². The molecule has 45 heavy (non-hydrogen) atoms. The lowest BCUT2D eigenvalue weighted by Crippen LogP contribution is -2.33. The van der Waals surface area contributed by atoms with Crippen LogP contribution in [0.2, 0.25) is 0 Å². The van der Waals surface area contributed by atoms with Gasteiger partial charge < -0.3 is 29.1 Å². The topological polar surface area (TPSA) is 88.5 Å². The summed E-state index contributed by atoms with van der Waals surface area (Å²) in [6.07, 6.45) is 2.60. The Morgan fingerprint density at radius 2 is 1.60 bits per heavy atom. The summed E-state index contributed by atoms with van der Waals surface area (Å²) in [6, 6.07) is 19.7. The number of methoxy groups -OCH3 is 1. The van der Waals surface area contributed by atoms with Crippen LogP contribution >= 0.6 is 0 Å². The number of aliphatic hydroxyl groups excluding tert-OH is 1. The van der Waals surface area contributed by atoms with Gasteiger partial charge >= 0.3 is 0 Å². The van der Waals surface area contributed by atoms with E-state index >= 15 is 0 Å². The van der Waals surface area contributed by atoms with Crippen LogP contribution in [-0.4, -0.2) is 66.5 Å². The van der Waals surface area contributed by atoms with Gasteiger partial charge in [-0.15, -0.1) is 0 Å². The first kappa shape index (κ1) is 33.6. The minimum atomic E-state index is -0.780. The minimum absolute atomic E-state index is 0.0536. The van der Waals surface area contributed by atoms with Gasteiger partial charge in [0.1, 0.15) is 18.1 Å². The van der Waals surface area contributed by atoms with Crippen LogP contribution in [0.15, 0.2) is 72.3 Å². The molecule has 240 valence electrons. The molecule has 3 aromatic rings. The maximum atomic E-state index is 13.6. The first-order chi connectivity index (χ1) is 21.8. The van der Waals surface area contributed by atoms with Gasteiger partial charge in [0.05, 0.1) is 25.3 Å². The van der Waals surface area contributed by atoms with E-state index in [1.165, 1.54) is 5.56 Å². The predicted octanol–water partition coefficient (Wildman–Crippen LogP) is 6.92. The van der Waals surface area contributed by atoms with Gasteiger partial charge in [0.2, 0.25) is 0 Å². The summed E-state index contributed by atoms with van der Waals surface area (Å²) in [4.78, 5) is 30.9. The lowest BCUT2D eigenvalue weighted by molar-refractivity contribution is -0.140. The highest BCUT2D eigenvalue weighted by Crippen LogP contribution is 2.42. The zero-order valence-electron chi connectivity index (χ0n) is 27.2. The Balaban J connectivity index is 1.66. The van der Waals surface area contributed by atoms with Crippen LogP contribution in [0.5, 0.6) is 17.2 Å². The molecular formula is C37H46N2O6. The second kappa shape index (κ2) is 16.1. The Morgan fingerprint density at radius 1 is 0.889 bits per heavy atom. The maximum absolute atomic E-state index is 13.6. The number of unbranched alkanes of at least 4 members (excludes halogenated alkanes) is 1. The fourth-order valence-electron chi connectivity index (χ4n) is 5.48. The molecule has 0 bridgehead atoms. The van der Waals surface area contributed by atoms with Crippen molar-refractivity contribution in [1.29, 1.82) is 0 Å². The Labute approximate surface area is 267 Å². The van der Waals surface area contributed by atoms with Gasteiger partial charge in [-0.25, -0.2) is 0 Å². The SMILES string of the molecule is CCCCOc1ccc([C@@H]2C(=C(O)c3ccc(OCc4ccc(C)cc4)cc3)C(=O)C(=O)N2CCCN(CC)CC)cc1OC. The first-order valence-corrected chi connectivity index (χ1v) is 15.9. The quantitative estimate of drug-likeness (QED) is 0.0811. The Bertz CT molecular complexity index is 1460. The highest BCUT2D eigenvalue weighted by molar-refractivity contribution is 6.46. The molecular weight excluding hydrogens is 568 g/mol. The number of nitrogens with zero attached hydrogens (tertiary/aromatic N) is 2. The number of benzene rings is 3. The van der Waals surface area contributed by atoms with Gasteiger partial charge in [0.15, 0.2) is 11.5 Å². The highest BCUT2D eigenvalue weighted by atomic mass is 16.5. The molecule has 1 atom stereocenters. The zero-order valence-corrected chi connectivity index (χ0v) is 27.2. The van der Waals surface area contributed by atoms with Crippen LogP contribution in [-0.2, 0) is 16.2 Å². The van der Waals surface area contributed by atoms with E-state index in [1.54, 1.807) is 48.4 Å². The standard InChI is InChI=1S/C37H46N2O6/c1-6-9-23-44-31-20-17-29(24-32(31)43-5)34-33(36(41)37(42)39(34)22-10-21-38(7-2)8-3)35(40)28-15-18-30(19-16-28)45-25-27-13-11-26(4)12-14-27/h11-20,24,34,40H,6-10,21-23,25H2,1-5H3/t34-/m1/s1. The van der Waals surface area contributed by atoms with Gasteiger partial charge in [0, 0.05) is 12.1 Å². The van der Waals surface area contributed by atoms with Crippen molar-refractivity contribution in [2.24, 2.45) is 0 Å². The lowest BCUT2D eigenvalue weighted by Gasteiger charge is -2.27. The third-order valence-electron chi connectivity index (χ3n) is 8.22. The summed E-state index contributed by atoms with van der Waals surface area (Å²) < 4.78 is 17.5. The second-order valence-electron chi connectivity index (χ2n) is 11.3. The number of ether oxygens (including phenoxy) is 3. The van der Waals surface area contributed by atoms with Crippen LogP contribution in [0.3, 0.4) is 0 Å². The number of aryl methyl sites for hydroxylation is 1. The zero-order chi connectivity index (χ0) is 32.3. The molecule has 8 heteroatoms. The lowest BCUT2D eigenvalue weighted by atomic mass is 9.95. The molecule has 0 saturated carbocycles. The van der Waals surface area contributed by atoms with E-state index in [2.05, 4.69) is 25.7 Å². The molecule has 0 radical (unpaired) electrons. The molecule has 1 saturated heterocycles. The van der Waals surface area contributed by atoms with Gasteiger partial charge in [0.25, 0.3) is 11.7 Å². The van der Waals surface area contributed by atoms with Crippen molar-refractivity contribution in [3.8, 4) is 17.2 Å². The largest absolute Gasteiger partial charge is 0.507 e. The summed E-state index contributed by atoms with van der Waals surface area (Å²) in [5, 5.41) is 11.6. The summed E-state index contributed by atoms with van der Waals surface area (Å²) >= 11 is 0. The van der Waals surface area contributed by atoms with Crippen molar-refractivity contribution in [3.05, 3.63) is 94.6 Å². The molecule has 4 rings (SSSR count). The molecule has 0 aliphatic carbocycles. The van der Waals surface area contributed by atoms with Crippen LogP contribution in [0.4, 0.5) is 0 Å². The third-order valence-corrected chi connectivity index (χ3v) is 8.22. The monoisotopic (exact) mass is 614 g/mol. The number of Topliss-reactive ketones (excluding diaryl/α,β-unsaturated/α-hetero) is 1. The van der Waals surface area contributed by atoms with E-state index in [-0.39, 0.29) is 11.3 Å². The molecule has 1 amide bonds. The predicted molar refractivity (Wildman–Crippen MR) is 177 cm³/mol. The molecule has 3 aromatic carbocycles. The maximum Gasteiger partial charge on any atom is 0.295 e. The van der Waals surface area contributed by atoms with Crippen molar-refractivity contribution < 1.29 is 28.9 Å². The van der Waals surface area contributed by atoms with Crippen molar-refractivity contribution in [3.63, 3.8) is 0 Å². The minimum Gasteiger partial charge on any atom is -0.507 e. The number of amides is 1. The Hall–Kier alpha value is -4.30. The number of carbonyl (C=O) groups is 2. The van der Waals surface area contributed by atoms with E-state index in [1.807, 2.05) is 37.3 Å². The van der Waals surface area contributed by atoms with Crippen LogP contribution < -0.4 is 14.2 Å². The van der Waals surface area contributed by atoms with Gasteiger partial charge in [-0.1, -0.05) is 63.1 Å². The Morgan fingerprint density at radius 3 is 2.24 bits per heavy atom. The fourth-order valence-corrected chi connectivity index (χ4v) is 5.48. The first-order valence-electron chi connectivity index (χ1n) is 15.9. The number of carbonyl (C=O) groups excluding carboxylic acids is 2. The molecule has 1 aliphatic rings. The van der Waals surface area contributed by atoms with Crippen molar-refractivity contribution in [1.82, 2.24) is 9.80 Å². The van der Waals surface area contributed by atoms with E-state index < -0.39 is 17.7 Å². The molecule has 8 nitrogen and oxygen atoms in total. The fraction of sp³-hybridized carbons (Fsp3) is 0.405. The molecule has 1 N–H and O–H groups in total. The summed E-state index contributed by atoms with van der Waals surface area (Å²) in [5.74, 6) is 0.173. The number of ketones is 1. The van der Waals surface area contributed by atoms with Crippen molar-refractivity contribution in [2.45, 2.75) is 59.6 Å². The number of likely N-dealkylation sites (tertiary alicyclic amines) is 1. The second-order valence-corrected chi connectivity index (χ2v) is 11.3. The number of aliphatic hydroxyl groups is 1. The molecule has 0 aromatic heterocycles. The average molecular weight is 615 g/mol. The normalized spacial score (nSPS) is 16.0. The highest BCUT2D eigenvalue weighted by Gasteiger charge is 2.46. The Kier molecular flexibility index (Phi) is 12.0. The van der Waals surface area contributed by atoms with Crippen LogP contribution in [0.25, 0.3) is 5.76 Å². The van der Waals surface area contributed by atoms with Crippen molar-refractivity contribution >= 4 is 17.4 Å². The summed E-state index contributed by atoms with van der Waals surface area (Å²) in [7, 11) is 1.56. The van der Waals surface area contributed by atoms with Gasteiger partial charge in [-0.05, 0) is 86.9 Å². The molecule has 0 spiro atoms. The van der Waals surface area contributed by atoms with E-state index in [0.29, 0.717) is 54.6 Å². The number of rotatable bonds is 16. The molecule has 1 aliphatic heterocycles. The van der Waals surface area contributed by atoms with E-state index in [0.717, 1.165) is 38.0 Å². The van der Waals surface area contributed by atoms with Crippen molar-refractivity contribution in [2.75, 3.05) is 39.9 Å². The number of hydrogen-bond donors (Lipinski definition) is 1. The number of hydrogen-bond acceptors (Lipinski definition) is 7. The smallest absolute Gasteiger partial charge is 0.295 e. The molecule has 1 heterocycles. The van der Waals surface area contributed by atoms with Crippen LogP contribution in [0.1, 0.15) is 68.3 Å². The third kappa shape index (κ3) is 8.25. The van der Waals surface area contributed by atoms with E-state index in [9.17, 15) is 14.7 Å². The summed E-state index contributed by atoms with van der Waals surface area (Å²) in [5.41, 5.74) is 3.37. The van der Waals surface area contributed by atoms with Gasteiger partial charge in [-0.2, -0.15) is 0 Å². The van der Waals surface area contributed by atoms with E-state index in [4.69, 9.17) is 14.2 Å². The van der Waals surface area contributed by atoms with Gasteiger partial charge in [-0.3, -0.25) is 9.59 Å². The summed E-state index contributed by atoms with van der Waals surface area (Å²) in [6.45, 7) is 12.3. The molecule has 0 unspecified atom stereocenters. The average Bonchev–Trinajstić information content (AvgIpc) is 3.31.